The van der Waals surface area contributed by atoms with Crippen molar-refractivity contribution in [2.75, 3.05) is 0 Å². The van der Waals surface area contributed by atoms with E-state index in [1.54, 1.807) is 0 Å². The molecule has 10 nitrogen and oxygen atoms in total. The third-order valence-electron chi connectivity index (χ3n) is 23.3. The van der Waals surface area contributed by atoms with E-state index in [-0.39, 0.29) is 21.9 Å². The Morgan fingerprint density at radius 2 is 0.519 bits per heavy atom. The minimum absolute atomic E-state index is 0.0678. The lowest BCUT2D eigenvalue weighted by molar-refractivity contribution is 0.660. The van der Waals surface area contributed by atoms with Gasteiger partial charge in [-0.05, 0) is 168 Å². The Hall–Kier alpha value is -14.0. The highest BCUT2D eigenvalue weighted by molar-refractivity contribution is 6.24. The molecule has 0 saturated carbocycles. The zero-order valence-electron chi connectivity index (χ0n) is 59.3. The minimum Gasteiger partial charge on any atom is -0.275 e. The van der Waals surface area contributed by atoms with E-state index in [0.29, 0.717) is 45.7 Å². The van der Waals surface area contributed by atoms with E-state index in [1.165, 1.54) is 44.5 Å². The maximum atomic E-state index is 15.8. The maximum Gasteiger partial charge on any atom is 0.263 e. The first-order valence-corrected chi connectivity index (χ1v) is 36.7. The molecule has 0 saturated heterocycles. The van der Waals surface area contributed by atoms with E-state index < -0.39 is 0 Å². The van der Waals surface area contributed by atoms with Crippen molar-refractivity contribution in [2.45, 2.75) is 38.5 Å². The minimum atomic E-state index is -0.188. The molecule has 6 heterocycles. The second-order valence-corrected chi connectivity index (χ2v) is 30.0. The average molecular weight is 1380 g/mol. The summed E-state index contributed by atoms with van der Waals surface area (Å²) in [6, 6.07) is 105. The van der Waals surface area contributed by atoms with Gasteiger partial charge in [-0.25, -0.2) is 29.9 Å². The van der Waals surface area contributed by atoms with Gasteiger partial charge in [0, 0.05) is 87.3 Å². The molecule has 0 aliphatic heterocycles. The molecule has 20 aromatic rings. The van der Waals surface area contributed by atoms with Gasteiger partial charge in [0.2, 0.25) is 0 Å². The fraction of sp³-hybridized carbons (Fsp3) is 0.0612. The lowest BCUT2D eigenvalue weighted by Gasteiger charge is -2.22. The van der Waals surface area contributed by atoms with E-state index in [1.807, 2.05) is 136 Å². The van der Waals surface area contributed by atoms with E-state index in [4.69, 9.17) is 29.9 Å². The molecule has 0 unspecified atom stereocenters. The molecule has 108 heavy (non-hydrogen) atoms. The Morgan fingerprint density at radius 3 is 1.04 bits per heavy atom. The van der Waals surface area contributed by atoms with Crippen LogP contribution >= 0.6 is 0 Å². The Bertz CT molecular complexity index is 7330. The Kier molecular flexibility index (Phi) is 13.0. The molecule has 506 valence electrons. The number of rotatable bonds is 9. The summed E-state index contributed by atoms with van der Waals surface area (Å²) < 4.78 is 3.82. The summed E-state index contributed by atoms with van der Waals surface area (Å²) in [6.07, 6.45) is 0. The van der Waals surface area contributed by atoms with Crippen molar-refractivity contribution >= 4 is 75.9 Å². The van der Waals surface area contributed by atoms with Crippen LogP contribution in [0.4, 0.5) is 0 Å². The molecule has 0 N–H and O–H groups in total. The summed E-state index contributed by atoms with van der Waals surface area (Å²) in [5, 5.41) is 8.62. The maximum absolute atomic E-state index is 15.8. The summed E-state index contributed by atoms with van der Waals surface area (Å²) in [5.74, 6) is 3.07. The van der Waals surface area contributed by atoms with Gasteiger partial charge in [0.25, 0.3) is 11.1 Å². The lowest BCUT2D eigenvalue weighted by Crippen LogP contribution is -2.14. The van der Waals surface area contributed by atoms with Crippen LogP contribution in [0.1, 0.15) is 49.9 Å². The molecule has 22 rings (SSSR count). The fourth-order valence-electron chi connectivity index (χ4n) is 17.9. The zero-order valence-corrected chi connectivity index (χ0v) is 59.3. The van der Waals surface area contributed by atoms with Crippen molar-refractivity contribution in [3.05, 3.63) is 346 Å². The highest BCUT2D eigenvalue weighted by Gasteiger charge is 2.37. The Morgan fingerprint density at radius 1 is 0.213 bits per heavy atom. The van der Waals surface area contributed by atoms with Crippen molar-refractivity contribution in [2.24, 2.45) is 0 Å². The van der Waals surface area contributed by atoms with Crippen LogP contribution in [0, 0.1) is 0 Å². The first-order chi connectivity index (χ1) is 52.8. The van der Waals surface area contributed by atoms with Crippen LogP contribution in [-0.2, 0) is 10.8 Å². The normalized spacial score (nSPS) is 13.4. The first-order valence-electron chi connectivity index (χ1n) is 36.7. The van der Waals surface area contributed by atoms with E-state index in [0.717, 1.165) is 132 Å². The summed E-state index contributed by atoms with van der Waals surface area (Å²) in [5.41, 5.74) is 24.4. The van der Waals surface area contributed by atoms with Gasteiger partial charge in [-0.3, -0.25) is 18.4 Å². The van der Waals surface area contributed by atoms with Gasteiger partial charge >= 0.3 is 0 Å². The van der Waals surface area contributed by atoms with Gasteiger partial charge in [-0.2, -0.15) is 0 Å². The Balaban J connectivity index is 0.681. The van der Waals surface area contributed by atoms with Crippen molar-refractivity contribution in [3.63, 3.8) is 0 Å². The molecule has 0 fully saturated rings. The highest BCUT2D eigenvalue weighted by atomic mass is 16.1. The molecule has 14 aromatic carbocycles. The summed E-state index contributed by atoms with van der Waals surface area (Å²) in [7, 11) is 0. The van der Waals surface area contributed by atoms with Crippen LogP contribution < -0.4 is 11.1 Å². The molecule has 2 aliphatic rings. The predicted molar refractivity (Wildman–Crippen MR) is 439 cm³/mol. The topological polar surface area (TPSA) is 120 Å². The molecule has 6 aromatic heterocycles. The van der Waals surface area contributed by atoms with Crippen molar-refractivity contribution in [1.82, 2.24) is 38.7 Å². The van der Waals surface area contributed by atoms with Crippen LogP contribution in [0.3, 0.4) is 0 Å². The van der Waals surface area contributed by atoms with E-state index in [9.17, 15) is 4.79 Å². The molecule has 0 spiro atoms. The third kappa shape index (κ3) is 9.07. The monoisotopic (exact) mass is 1380 g/mol. The van der Waals surface area contributed by atoms with Gasteiger partial charge in [-0.1, -0.05) is 252 Å². The molecule has 2 aliphatic carbocycles. The largest absolute Gasteiger partial charge is 0.275 e. The fourth-order valence-corrected chi connectivity index (χ4v) is 17.9. The van der Waals surface area contributed by atoms with Gasteiger partial charge in [-0.15, -0.1) is 0 Å². The summed E-state index contributed by atoms with van der Waals surface area (Å²) in [4.78, 5) is 61.8. The van der Waals surface area contributed by atoms with Crippen LogP contribution in [0.2, 0.25) is 0 Å². The molecule has 0 radical (unpaired) electrons. The Labute approximate surface area is 619 Å². The molecular weight excluding hydrogens is 1320 g/mol. The van der Waals surface area contributed by atoms with Crippen LogP contribution in [-0.4, -0.2) is 38.7 Å². The van der Waals surface area contributed by atoms with Crippen molar-refractivity contribution < 1.29 is 0 Å². The SMILES string of the molecule is CC1(C)c2ccccc2-c2ccc(-c3ccc4c(c3)c3cc(-c5ccc6c(c5)C(C)(C)c5ccccc5-6)cc5c6ccc(-c7ccc(-c8nc(-c9ccccc9)nc(-c9cc%10c%11ccccc%11c(=O)n%11c%12ccc(-c%13nc(-c%14ccccc%14)nc(-c%14ccccc%14)n%13)cc%12c(c9)c%10%11)n8)cc7)cc6c(=O)n4c53)cc21. The van der Waals surface area contributed by atoms with Crippen LogP contribution in [0.5, 0.6) is 0 Å². The summed E-state index contributed by atoms with van der Waals surface area (Å²) >= 11 is 0. The summed E-state index contributed by atoms with van der Waals surface area (Å²) in [6.45, 7) is 9.33. The standard InChI is InChI=1S/C98H62N8O2/c1-97(2)81-30-18-16-27-69(81)71-42-37-62(53-83(71)97)61-39-44-85-74(46-61)78-50-65(63-38-43-72-70-28-17-19-31-82(70)98(3,4)84(72)54-63)49-76-68-41-36-60(47-80(68)96(108)106(85)87(76)78)55-32-34-59(35-33-55)92-100-91(58-24-12-7-13-25-58)103-94(104-92)66-51-77-67-26-14-15-29-73(67)95(107)105-86-45-40-64(48-75(86)79(52-66)88(77)105)93-101-89(56-20-8-5-9-21-56)99-90(102-93)57-22-10-6-11-23-57/h5-54H,1-4H3. The lowest BCUT2D eigenvalue weighted by atomic mass is 9.81. The van der Waals surface area contributed by atoms with Gasteiger partial charge in [0.05, 0.1) is 22.1 Å². The molecule has 0 bridgehead atoms. The number of pyridine rings is 2. The smallest absolute Gasteiger partial charge is 0.263 e. The number of hydrogen-bond donors (Lipinski definition) is 0. The van der Waals surface area contributed by atoms with Crippen molar-refractivity contribution in [1.29, 1.82) is 0 Å². The third-order valence-corrected chi connectivity index (χ3v) is 23.3. The van der Waals surface area contributed by atoms with E-state index >= 15 is 4.79 Å². The van der Waals surface area contributed by atoms with Crippen molar-refractivity contribution in [3.8, 4) is 124 Å². The number of hydrogen-bond acceptors (Lipinski definition) is 8. The number of benzene rings is 14. The average Bonchev–Trinajstić information content (AvgIpc) is 1.54. The zero-order chi connectivity index (χ0) is 72.0. The van der Waals surface area contributed by atoms with Gasteiger partial charge in [0.15, 0.2) is 34.9 Å². The molecule has 0 amide bonds. The number of fused-ring (bicyclic) bond motifs is 16. The van der Waals surface area contributed by atoms with Crippen LogP contribution in [0.25, 0.3) is 200 Å². The second-order valence-electron chi connectivity index (χ2n) is 30.0. The number of nitrogens with zero attached hydrogens (tertiary/aromatic N) is 8. The quantitative estimate of drug-likeness (QED) is 0.131. The molecular formula is C98H62N8O2. The highest BCUT2D eigenvalue weighted by Crippen LogP contribution is 2.53. The van der Waals surface area contributed by atoms with Gasteiger partial charge < -0.3 is 0 Å². The second kappa shape index (κ2) is 22.8. The first kappa shape index (κ1) is 61.5. The molecule has 10 heteroatoms. The predicted octanol–water partition coefficient (Wildman–Crippen LogP) is 22.7. The molecule has 0 atom stereocenters. The van der Waals surface area contributed by atoms with Crippen LogP contribution in [0.15, 0.2) is 313 Å². The van der Waals surface area contributed by atoms with E-state index in [2.05, 4.69) is 204 Å². The van der Waals surface area contributed by atoms with Gasteiger partial charge in [0.1, 0.15) is 0 Å². The number of aromatic nitrogens is 8.